The van der Waals surface area contributed by atoms with E-state index in [0.717, 1.165) is 103 Å². The molecule has 458 valence electrons. The summed E-state index contributed by atoms with van der Waals surface area (Å²) in [5, 5.41) is 9.10. The summed E-state index contributed by atoms with van der Waals surface area (Å²) in [4.78, 5) is 0. The minimum atomic E-state index is 0.309. The zero-order valence-electron chi connectivity index (χ0n) is 56.8. The third-order valence-electron chi connectivity index (χ3n) is 16.3. The molecule has 1 atom stereocenters. The maximum atomic E-state index is 9.10. The molecule has 0 radical (unpaired) electrons. The van der Waals surface area contributed by atoms with E-state index in [4.69, 9.17) is 5.11 Å². The lowest BCUT2D eigenvalue weighted by Crippen LogP contribution is -1.97. The summed E-state index contributed by atoms with van der Waals surface area (Å²) in [6.45, 7) is 39.2. The van der Waals surface area contributed by atoms with E-state index in [1.54, 1.807) is 0 Å². The highest BCUT2D eigenvalue weighted by Gasteiger charge is 2.02. The molecule has 0 aliphatic heterocycles. The highest BCUT2D eigenvalue weighted by Crippen LogP contribution is 2.21. The van der Waals surface area contributed by atoms with E-state index < -0.39 is 0 Å². The third kappa shape index (κ3) is 52.6. The first kappa shape index (κ1) is 77.1. The molecular formula is C80H132O. The highest BCUT2D eigenvalue weighted by molar-refractivity contribution is 5.13. The normalized spacial score (nSPS) is 15.4. The molecule has 0 aromatic rings. The summed E-state index contributed by atoms with van der Waals surface area (Å²) in [5.41, 5.74) is 22.8. The van der Waals surface area contributed by atoms with Gasteiger partial charge in [-0.2, -0.15) is 0 Å². The first-order chi connectivity index (χ1) is 38.7. The van der Waals surface area contributed by atoms with Crippen molar-refractivity contribution in [1.82, 2.24) is 0 Å². The van der Waals surface area contributed by atoms with Gasteiger partial charge in [0.1, 0.15) is 0 Å². The van der Waals surface area contributed by atoms with Crippen molar-refractivity contribution in [2.45, 2.75) is 317 Å². The third-order valence-corrected chi connectivity index (χ3v) is 16.3. The Hall–Kier alpha value is -3.94. The monoisotopic (exact) mass is 1110 g/mol. The number of aliphatic hydroxyl groups excluding tert-OH is 1. The largest absolute Gasteiger partial charge is 0.396 e. The molecule has 0 fully saturated rings. The van der Waals surface area contributed by atoms with Crippen LogP contribution in [0.1, 0.15) is 317 Å². The van der Waals surface area contributed by atoms with Crippen molar-refractivity contribution in [2.24, 2.45) is 5.92 Å². The molecule has 1 N–H and O–H groups in total. The van der Waals surface area contributed by atoms with Gasteiger partial charge in [-0.15, -0.1) is 0 Å². The highest BCUT2D eigenvalue weighted by atomic mass is 16.3. The van der Waals surface area contributed by atoms with E-state index >= 15 is 0 Å². The van der Waals surface area contributed by atoms with Crippen molar-refractivity contribution in [2.75, 3.05) is 6.61 Å². The summed E-state index contributed by atoms with van der Waals surface area (Å²) in [6.07, 6.45) is 72.6. The molecule has 1 heteroatoms. The van der Waals surface area contributed by atoms with E-state index in [9.17, 15) is 0 Å². The lowest BCUT2D eigenvalue weighted by molar-refractivity contribution is 0.259. The smallest absolute Gasteiger partial charge is 0.0433 e. The van der Waals surface area contributed by atoms with Crippen LogP contribution in [0.2, 0.25) is 0 Å². The van der Waals surface area contributed by atoms with Crippen LogP contribution in [0.5, 0.6) is 0 Å². The molecule has 0 aromatic heterocycles. The molecule has 1 unspecified atom stereocenters. The predicted octanol–water partition coefficient (Wildman–Crippen LogP) is 26.9. The van der Waals surface area contributed by atoms with Crippen LogP contribution in [0.4, 0.5) is 0 Å². The number of hydrogen-bond acceptors (Lipinski definition) is 1. The fourth-order valence-corrected chi connectivity index (χ4v) is 10.1. The van der Waals surface area contributed by atoms with Gasteiger partial charge in [0.2, 0.25) is 0 Å². The summed E-state index contributed by atoms with van der Waals surface area (Å²) < 4.78 is 0. The standard InChI is InChI=1S/C80H132O/c1-65(2)33-18-34-66(3)35-19-36-67(4)37-20-38-68(5)39-21-40-69(6)41-22-42-70(7)43-23-44-71(8)45-24-46-72(9)47-25-48-73(10)49-26-50-74(11)51-27-52-75(12)53-28-54-76(13)55-29-56-77(14)57-30-58-78(15)59-31-60-79(16)61-32-62-80(17)63-64-81/h33,35,37,39,41,43,45,47,49,51,53,55,57,59,61,80-81H,18-32,34,36,38,40,42,44,46,48,50,52,54,56,58,60,62-64H2,1-17H3/b66-35+,67-37+,68-39-,69-41-,70-43-,71-45-,72-47-,73-49-,74-51-,75-53-,76-55-,77-57-,78-59-,79-61-. The van der Waals surface area contributed by atoms with E-state index in [-0.39, 0.29) is 0 Å². The van der Waals surface area contributed by atoms with Crippen molar-refractivity contribution in [3.63, 3.8) is 0 Å². The Labute approximate surface area is 506 Å². The molecular weight excluding hydrogens is 977 g/mol. The molecule has 0 aliphatic rings. The Bertz CT molecular complexity index is 2170. The Morgan fingerprint density at radius 1 is 0.210 bits per heavy atom. The van der Waals surface area contributed by atoms with Crippen molar-refractivity contribution in [3.8, 4) is 0 Å². The van der Waals surface area contributed by atoms with Gasteiger partial charge in [0, 0.05) is 6.61 Å². The number of aliphatic hydroxyl groups is 1. The Morgan fingerprint density at radius 2 is 0.346 bits per heavy atom. The number of allylic oxidation sites excluding steroid dienone is 30. The van der Waals surface area contributed by atoms with E-state index in [0.29, 0.717) is 12.5 Å². The molecule has 0 rings (SSSR count). The fraction of sp³-hybridized carbons (Fsp3) is 0.625. The number of hydrogen-bond donors (Lipinski definition) is 1. The Balaban J connectivity index is 4.32. The predicted molar refractivity (Wildman–Crippen MR) is 371 cm³/mol. The topological polar surface area (TPSA) is 20.2 Å². The van der Waals surface area contributed by atoms with Gasteiger partial charge in [0.15, 0.2) is 0 Å². The second kappa shape index (κ2) is 51.7. The molecule has 1 nitrogen and oxygen atoms in total. The van der Waals surface area contributed by atoms with Crippen molar-refractivity contribution in [3.05, 3.63) is 175 Å². The Morgan fingerprint density at radius 3 is 0.481 bits per heavy atom. The fourth-order valence-electron chi connectivity index (χ4n) is 10.1. The average molecular weight is 1110 g/mol. The van der Waals surface area contributed by atoms with Crippen molar-refractivity contribution in [1.29, 1.82) is 0 Å². The van der Waals surface area contributed by atoms with Gasteiger partial charge in [0.05, 0.1) is 0 Å². The molecule has 81 heavy (non-hydrogen) atoms. The summed E-state index contributed by atoms with van der Waals surface area (Å²) >= 11 is 0. The lowest BCUT2D eigenvalue weighted by Gasteiger charge is -2.07. The van der Waals surface area contributed by atoms with Gasteiger partial charge in [0.25, 0.3) is 0 Å². The molecule has 0 heterocycles. The first-order valence-electron chi connectivity index (χ1n) is 33.1. The lowest BCUT2D eigenvalue weighted by atomic mass is 10.0. The molecule has 0 bridgehead atoms. The van der Waals surface area contributed by atoms with E-state index in [1.807, 2.05) is 0 Å². The minimum Gasteiger partial charge on any atom is -0.396 e. The van der Waals surface area contributed by atoms with E-state index in [2.05, 4.69) is 209 Å². The molecule has 0 saturated carbocycles. The maximum absolute atomic E-state index is 9.10. The van der Waals surface area contributed by atoms with Gasteiger partial charge in [-0.1, -0.05) is 182 Å². The molecule has 0 saturated heterocycles. The van der Waals surface area contributed by atoms with Crippen LogP contribution < -0.4 is 0 Å². The Kier molecular flexibility index (Phi) is 49.2. The van der Waals surface area contributed by atoms with Crippen molar-refractivity contribution >= 4 is 0 Å². The zero-order valence-corrected chi connectivity index (χ0v) is 56.8. The van der Waals surface area contributed by atoms with Crippen LogP contribution in [0, 0.1) is 5.92 Å². The maximum Gasteiger partial charge on any atom is 0.0433 e. The van der Waals surface area contributed by atoms with Gasteiger partial charge in [-0.05, 0) is 316 Å². The number of rotatable bonds is 47. The zero-order chi connectivity index (χ0) is 60.5. The van der Waals surface area contributed by atoms with E-state index in [1.165, 1.54) is 180 Å². The SMILES string of the molecule is CC(C)=CCC/C(C)=C/CC/C(C)=C/CC/C(C)=C\CC/C(C)=C\CC/C(C)=C\CC/C(C)=C\CC/C(C)=C\CC/C(C)=C\CC/C(C)=C\CC/C(C)=C\CC/C(C)=C\CC/C(C)=C\CC/C(C)=C\CC/C(C)=C\CCC(C)CCO. The average Bonchev–Trinajstić information content (AvgIpc) is 3.38. The molecule has 0 spiro atoms. The molecule has 0 aromatic carbocycles. The van der Waals surface area contributed by atoms with Gasteiger partial charge in [-0.25, -0.2) is 0 Å². The van der Waals surface area contributed by atoms with Crippen LogP contribution in [-0.4, -0.2) is 11.7 Å². The van der Waals surface area contributed by atoms with Crippen LogP contribution in [0.15, 0.2) is 175 Å². The second-order valence-corrected chi connectivity index (χ2v) is 25.7. The summed E-state index contributed by atoms with van der Waals surface area (Å²) in [7, 11) is 0. The second-order valence-electron chi connectivity index (χ2n) is 25.7. The van der Waals surface area contributed by atoms with Crippen molar-refractivity contribution < 1.29 is 5.11 Å². The van der Waals surface area contributed by atoms with Gasteiger partial charge >= 0.3 is 0 Å². The van der Waals surface area contributed by atoms with Crippen LogP contribution in [0.3, 0.4) is 0 Å². The quantitative estimate of drug-likeness (QED) is 0.0602. The van der Waals surface area contributed by atoms with Gasteiger partial charge in [-0.3, -0.25) is 0 Å². The summed E-state index contributed by atoms with van der Waals surface area (Å²) in [6, 6.07) is 0. The van der Waals surface area contributed by atoms with Gasteiger partial charge < -0.3 is 5.11 Å². The molecule has 0 aliphatic carbocycles. The summed E-state index contributed by atoms with van der Waals surface area (Å²) in [5.74, 6) is 0.612. The van der Waals surface area contributed by atoms with Crippen LogP contribution in [-0.2, 0) is 0 Å². The van der Waals surface area contributed by atoms with Crippen LogP contribution >= 0.6 is 0 Å². The van der Waals surface area contributed by atoms with Crippen LogP contribution in [0.25, 0.3) is 0 Å². The molecule has 0 amide bonds. The first-order valence-corrected chi connectivity index (χ1v) is 33.1. The minimum absolute atomic E-state index is 0.309.